The first-order valence-electron chi connectivity index (χ1n) is 7.42. The third-order valence-corrected chi connectivity index (χ3v) is 4.68. The van der Waals surface area contributed by atoms with E-state index < -0.39 is 5.60 Å². The van der Waals surface area contributed by atoms with Crippen LogP contribution in [0.2, 0.25) is 5.02 Å². The Labute approximate surface area is 145 Å². The number of ether oxygens (including phenoxy) is 1. The number of hydrogen-bond acceptors (Lipinski definition) is 3. The smallest absolute Gasteiger partial charge is 0.407 e. The Hall–Kier alpha value is -0.780. The average Bonchev–Trinajstić information content (AvgIpc) is 2.40. The predicted molar refractivity (Wildman–Crippen MR) is 92.3 cm³/mol. The van der Waals surface area contributed by atoms with Gasteiger partial charge in [-0.2, -0.15) is 0 Å². The molecule has 6 heteroatoms. The highest BCUT2D eigenvalue weighted by Crippen LogP contribution is 2.29. The van der Waals surface area contributed by atoms with Crippen LogP contribution >= 0.6 is 27.5 Å². The van der Waals surface area contributed by atoms with E-state index in [0.717, 1.165) is 29.4 Å². The van der Waals surface area contributed by atoms with Gasteiger partial charge in [0.15, 0.2) is 0 Å². The number of alkyl carbamates (subject to hydrolysis) is 1. The fraction of sp³-hybridized carbons (Fsp3) is 0.562. The van der Waals surface area contributed by atoms with E-state index in [1.165, 1.54) is 0 Å². The molecule has 1 amide bonds. The zero-order chi connectivity index (χ0) is 16.3. The van der Waals surface area contributed by atoms with Gasteiger partial charge in [0, 0.05) is 16.6 Å². The first-order chi connectivity index (χ1) is 10.2. The van der Waals surface area contributed by atoms with Gasteiger partial charge < -0.3 is 15.4 Å². The molecule has 1 aliphatic rings. The normalized spacial score (nSPS) is 22.2. The molecule has 1 aromatic carbocycles. The summed E-state index contributed by atoms with van der Waals surface area (Å²) in [6.07, 6.45) is 1.37. The standard InChI is InChI=1S/C16H22BrClN2O2/c1-16(2,3)22-15(21)20-11-6-7-19-14(9-11)10-4-5-13(18)12(17)8-10/h4-5,8,11,14,19H,6-7,9H2,1-3H3,(H,20,21). The highest BCUT2D eigenvalue weighted by atomic mass is 79.9. The number of rotatable bonds is 2. The second-order valence-corrected chi connectivity index (χ2v) is 7.81. The van der Waals surface area contributed by atoms with Gasteiger partial charge in [0.25, 0.3) is 0 Å². The number of carbonyl (C=O) groups excluding carboxylic acids is 1. The number of halogens is 2. The SMILES string of the molecule is CC(C)(C)OC(=O)NC1CCNC(c2ccc(Cl)c(Br)c2)C1. The van der Waals surface area contributed by atoms with E-state index in [4.69, 9.17) is 16.3 Å². The highest BCUT2D eigenvalue weighted by Gasteiger charge is 2.26. The van der Waals surface area contributed by atoms with E-state index in [2.05, 4.69) is 26.6 Å². The number of benzene rings is 1. The molecule has 0 radical (unpaired) electrons. The molecule has 0 aliphatic carbocycles. The van der Waals surface area contributed by atoms with Crippen LogP contribution in [0.1, 0.15) is 45.2 Å². The van der Waals surface area contributed by atoms with E-state index in [1.54, 1.807) is 0 Å². The maximum atomic E-state index is 11.9. The Kier molecular flexibility index (Phi) is 5.75. The summed E-state index contributed by atoms with van der Waals surface area (Å²) in [4.78, 5) is 11.9. The average molecular weight is 390 g/mol. The van der Waals surface area contributed by atoms with Crippen molar-refractivity contribution in [3.8, 4) is 0 Å². The molecule has 0 spiro atoms. The topological polar surface area (TPSA) is 50.4 Å². The van der Waals surface area contributed by atoms with Crippen molar-refractivity contribution in [2.75, 3.05) is 6.54 Å². The van der Waals surface area contributed by atoms with Gasteiger partial charge in [0.2, 0.25) is 0 Å². The van der Waals surface area contributed by atoms with Gasteiger partial charge in [-0.15, -0.1) is 0 Å². The summed E-state index contributed by atoms with van der Waals surface area (Å²) >= 11 is 9.49. The van der Waals surface area contributed by atoms with Gasteiger partial charge in [-0.1, -0.05) is 17.7 Å². The molecule has 0 saturated carbocycles. The molecule has 2 N–H and O–H groups in total. The van der Waals surface area contributed by atoms with Crippen LogP contribution in [-0.4, -0.2) is 24.3 Å². The molecule has 2 unspecified atom stereocenters. The molecule has 1 saturated heterocycles. The molecular weight excluding hydrogens is 368 g/mol. The molecule has 2 rings (SSSR count). The molecular formula is C16H22BrClN2O2. The monoisotopic (exact) mass is 388 g/mol. The van der Waals surface area contributed by atoms with E-state index >= 15 is 0 Å². The lowest BCUT2D eigenvalue weighted by Crippen LogP contribution is -2.45. The molecule has 122 valence electrons. The molecule has 0 aromatic heterocycles. The first-order valence-corrected chi connectivity index (χ1v) is 8.59. The summed E-state index contributed by atoms with van der Waals surface area (Å²) in [5.74, 6) is 0. The van der Waals surface area contributed by atoms with Crippen LogP contribution in [0.15, 0.2) is 22.7 Å². The maximum Gasteiger partial charge on any atom is 0.407 e. The number of carbonyl (C=O) groups is 1. The minimum atomic E-state index is -0.475. The minimum absolute atomic E-state index is 0.107. The lowest BCUT2D eigenvalue weighted by Gasteiger charge is -2.32. The van der Waals surface area contributed by atoms with Gasteiger partial charge in [-0.3, -0.25) is 0 Å². The fourth-order valence-electron chi connectivity index (χ4n) is 2.51. The van der Waals surface area contributed by atoms with E-state index in [-0.39, 0.29) is 18.2 Å². The first kappa shape index (κ1) is 17.6. The van der Waals surface area contributed by atoms with Gasteiger partial charge >= 0.3 is 6.09 Å². The zero-order valence-electron chi connectivity index (χ0n) is 13.1. The predicted octanol–water partition coefficient (Wildman–Crippen LogP) is 4.42. The molecule has 1 aromatic rings. The van der Waals surface area contributed by atoms with Crippen molar-refractivity contribution in [1.29, 1.82) is 0 Å². The Morgan fingerprint density at radius 2 is 2.18 bits per heavy atom. The van der Waals surface area contributed by atoms with Crippen LogP contribution in [-0.2, 0) is 4.74 Å². The second kappa shape index (κ2) is 7.20. The van der Waals surface area contributed by atoms with E-state index in [9.17, 15) is 4.79 Å². The van der Waals surface area contributed by atoms with Crippen LogP contribution < -0.4 is 10.6 Å². The molecule has 1 aliphatic heterocycles. The van der Waals surface area contributed by atoms with Crippen molar-refractivity contribution < 1.29 is 9.53 Å². The molecule has 4 nitrogen and oxygen atoms in total. The molecule has 2 atom stereocenters. The zero-order valence-corrected chi connectivity index (χ0v) is 15.4. The van der Waals surface area contributed by atoms with Crippen molar-refractivity contribution in [1.82, 2.24) is 10.6 Å². The van der Waals surface area contributed by atoms with Crippen LogP contribution in [0.4, 0.5) is 4.79 Å². The third kappa shape index (κ3) is 5.14. The lowest BCUT2D eigenvalue weighted by molar-refractivity contribution is 0.0490. The summed E-state index contributed by atoms with van der Waals surface area (Å²) in [6.45, 7) is 6.44. The van der Waals surface area contributed by atoms with Gasteiger partial charge in [0.05, 0.1) is 5.02 Å². The molecule has 22 heavy (non-hydrogen) atoms. The van der Waals surface area contributed by atoms with Gasteiger partial charge in [0.1, 0.15) is 5.60 Å². The number of hydrogen-bond donors (Lipinski definition) is 2. The van der Waals surface area contributed by atoms with Crippen molar-refractivity contribution >= 4 is 33.6 Å². The maximum absolute atomic E-state index is 11.9. The van der Waals surface area contributed by atoms with Crippen LogP contribution in [0, 0.1) is 0 Å². The molecule has 1 fully saturated rings. The fourth-order valence-corrected chi connectivity index (χ4v) is 3.02. The Balaban J connectivity index is 1.96. The Morgan fingerprint density at radius 3 is 2.82 bits per heavy atom. The summed E-state index contributed by atoms with van der Waals surface area (Å²) in [5, 5.41) is 7.14. The summed E-state index contributed by atoms with van der Waals surface area (Å²) in [6, 6.07) is 6.22. The second-order valence-electron chi connectivity index (χ2n) is 6.55. The van der Waals surface area contributed by atoms with Crippen molar-refractivity contribution in [3.05, 3.63) is 33.3 Å². The quantitative estimate of drug-likeness (QED) is 0.787. The molecule has 0 bridgehead atoms. The van der Waals surface area contributed by atoms with Gasteiger partial charge in [-0.05, 0) is 73.8 Å². The minimum Gasteiger partial charge on any atom is -0.444 e. The Bertz CT molecular complexity index is 545. The summed E-state index contributed by atoms with van der Waals surface area (Å²) < 4.78 is 6.21. The van der Waals surface area contributed by atoms with E-state index in [0.29, 0.717) is 5.02 Å². The third-order valence-electron chi connectivity index (χ3n) is 3.47. The van der Waals surface area contributed by atoms with Crippen molar-refractivity contribution in [2.24, 2.45) is 0 Å². The van der Waals surface area contributed by atoms with Crippen LogP contribution in [0.5, 0.6) is 0 Å². The lowest BCUT2D eigenvalue weighted by atomic mass is 9.94. The van der Waals surface area contributed by atoms with Gasteiger partial charge in [-0.25, -0.2) is 4.79 Å². The van der Waals surface area contributed by atoms with E-state index in [1.807, 2.05) is 39.0 Å². The number of piperidine rings is 1. The van der Waals surface area contributed by atoms with Crippen LogP contribution in [0.3, 0.4) is 0 Å². The number of nitrogens with one attached hydrogen (secondary N) is 2. The largest absolute Gasteiger partial charge is 0.444 e. The summed E-state index contributed by atoms with van der Waals surface area (Å²) in [5.41, 5.74) is 0.684. The summed E-state index contributed by atoms with van der Waals surface area (Å²) in [7, 11) is 0. The van der Waals surface area contributed by atoms with Crippen LogP contribution in [0.25, 0.3) is 0 Å². The molecule has 1 heterocycles. The highest BCUT2D eigenvalue weighted by molar-refractivity contribution is 9.10. The number of amides is 1. The Morgan fingerprint density at radius 1 is 1.45 bits per heavy atom. The van der Waals surface area contributed by atoms with Crippen molar-refractivity contribution in [2.45, 2.75) is 51.3 Å². The van der Waals surface area contributed by atoms with Crippen molar-refractivity contribution in [3.63, 3.8) is 0 Å².